The second-order valence-electron chi connectivity index (χ2n) is 10.6. The van der Waals surface area contributed by atoms with Gasteiger partial charge in [0, 0.05) is 5.92 Å². The third-order valence-corrected chi connectivity index (χ3v) is 8.97. The van der Waals surface area contributed by atoms with Crippen LogP contribution >= 0.6 is 22.6 Å². The molecule has 1 heterocycles. The molecule has 0 aromatic heterocycles. The van der Waals surface area contributed by atoms with Gasteiger partial charge in [0.2, 0.25) is 11.8 Å². The minimum absolute atomic E-state index is 0.0870. The van der Waals surface area contributed by atoms with Crippen LogP contribution in [0.25, 0.3) is 6.08 Å². The summed E-state index contributed by atoms with van der Waals surface area (Å²) >= 11 is 2.05. The van der Waals surface area contributed by atoms with E-state index in [9.17, 15) is 35.0 Å². The summed E-state index contributed by atoms with van der Waals surface area (Å²) < 4.78 is 5.93. The highest BCUT2D eigenvalue weighted by molar-refractivity contribution is 14.1. The summed E-state index contributed by atoms with van der Waals surface area (Å²) in [4.78, 5) is 28.1. The summed E-state index contributed by atoms with van der Waals surface area (Å²) in [5, 5.41) is 51.0. The number of anilines is 1. The number of halogens is 1. The molecular weight excluding hydrogens is 640 g/mol. The van der Waals surface area contributed by atoms with E-state index in [0.29, 0.717) is 34.2 Å². The van der Waals surface area contributed by atoms with E-state index in [4.69, 9.17) is 4.74 Å². The minimum Gasteiger partial charge on any atom is -0.504 e. The third-order valence-electron chi connectivity index (χ3n) is 8.15. The van der Waals surface area contributed by atoms with Crippen molar-refractivity contribution in [3.05, 3.63) is 62.3 Å². The van der Waals surface area contributed by atoms with Crippen LogP contribution in [0.5, 0.6) is 11.5 Å². The molecule has 4 atom stereocenters. The Morgan fingerprint density at radius 1 is 1.22 bits per heavy atom. The lowest BCUT2D eigenvalue weighted by Gasteiger charge is -2.35. The number of aliphatic hydroxyl groups is 2. The highest BCUT2D eigenvalue weighted by atomic mass is 127. The Kier molecular flexibility index (Phi) is 9.96. The summed E-state index contributed by atoms with van der Waals surface area (Å²) in [6.07, 6.45) is 3.06. The molecule has 1 saturated heterocycles. The van der Waals surface area contributed by atoms with E-state index in [1.807, 2.05) is 48.6 Å². The van der Waals surface area contributed by atoms with Crippen LogP contribution < -0.4 is 15.1 Å². The number of aromatic hydroxyl groups is 1. The molecule has 218 valence electrons. The average molecular weight is 675 g/mol. The predicted octanol–water partition coefficient (Wildman–Crippen LogP) is 2.75. The van der Waals surface area contributed by atoms with Gasteiger partial charge in [0.25, 0.3) is 0 Å². The van der Waals surface area contributed by atoms with E-state index in [2.05, 4.69) is 0 Å². The predicted molar refractivity (Wildman–Crippen MR) is 165 cm³/mol. The number of methoxy groups -OCH3 is 1. The third kappa shape index (κ3) is 6.24. The molecule has 41 heavy (non-hydrogen) atoms. The van der Waals surface area contributed by atoms with E-state index in [-0.39, 0.29) is 16.9 Å². The number of fused-ring (bicyclic) bond motifs is 1. The van der Waals surface area contributed by atoms with Crippen molar-refractivity contribution in [2.45, 2.75) is 45.6 Å². The average Bonchev–Trinajstić information content (AvgIpc) is 3.20. The van der Waals surface area contributed by atoms with Gasteiger partial charge in [0.1, 0.15) is 0 Å². The standard InChI is InChI=1S/C30H35BINO8/c1-4-17(11-18-12-23(32)28(36)25(13-18)41-3)8-9-24(35)26-16(2)10-21-27(22(26)15-34)30(38)33(29(21)37)20-7-5-6-19(14-20)31(39)40/h5-7,11-14,21-22,24,27,34-36,39-40H,4,8-10,15H2,1-3H3/b17-11+/t21-,22+,24-,27-/m1/s1. The summed E-state index contributed by atoms with van der Waals surface area (Å²) in [7, 11) is -0.251. The van der Waals surface area contributed by atoms with Crippen LogP contribution in [0.3, 0.4) is 0 Å². The van der Waals surface area contributed by atoms with Crippen molar-refractivity contribution in [2.75, 3.05) is 18.6 Å². The molecule has 0 spiro atoms. The van der Waals surface area contributed by atoms with Gasteiger partial charge in [0.15, 0.2) is 11.5 Å². The lowest BCUT2D eigenvalue weighted by Crippen LogP contribution is -2.39. The number of carbonyl (C=O) groups excluding carboxylic acids is 2. The molecule has 2 aromatic carbocycles. The van der Waals surface area contributed by atoms with Crippen LogP contribution in [0.15, 0.2) is 53.1 Å². The number of rotatable bonds is 10. The first-order chi connectivity index (χ1) is 19.5. The lowest BCUT2D eigenvalue weighted by molar-refractivity contribution is -0.123. The maximum atomic E-state index is 13.6. The number of hydrogen-bond acceptors (Lipinski definition) is 8. The van der Waals surface area contributed by atoms with Crippen molar-refractivity contribution in [1.29, 1.82) is 0 Å². The lowest BCUT2D eigenvalue weighted by atomic mass is 9.68. The Hall–Kier alpha value is -2.71. The molecule has 2 amide bonds. The number of hydrogen-bond donors (Lipinski definition) is 5. The smallest absolute Gasteiger partial charge is 0.488 e. The molecule has 11 heteroatoms. The Morgan fingerprint density at radius 2 is 1.95 bits per heavy atom. The fourth-order valence-corrected chi connectivity index (χ4v) is 6.72. The Bertz CT molecular complexity index is 1390. The molecule has 2 aliphatic rings. The summed E-state index contributed by atoms with van der Waals surface area (Å²) in [5.41, 5.74) is 3.74. The number of amides is 2. The van der Waals surface area contributed by atoms with Gasteiger partial charge in [0.05, 0.1) is 40.9 Å². The molecule has 1 fully saturated rings. The van der Waals surface area contributed by atoms with Gasteiger partial charge in [-0.05, 0) is 96.1 Å². The number of phenolic OH excluding ortho intramolecular Hbond substituents is 1. The van der Waals surface area contributed by atoms with Crippen molar-refractivity contribution in [1.82, 2.24) is 0 Å². The minimum atomic E-state index is -1.75. The first-order valence-electron chi connectivity index (χ1n) is 13.6. The highest BCUT2D eigenvalue weighted by Crippen LogP contribution is 2.47. The van der Waals surface area contributed by atoms with Gasteiger partial charge in [-0.1, -0.05) is 36.3 Å². The van der Waals surface area contributed by atoms with Crippen LogP contribution in [0.1, 0.15) is 45.1 Å². The van der Waals surface area contributed by atoms with Crippen LogP contribution in [-0.2, 0) is 9.59 Å². The second kappa shape index (κ2) is 13.1. The van der Waals surface area contributed by atoms with E-state index in [0.717, 1.165) is 28.0 Å². The topological polar surface area (TPSA) is 148 Å². The number of imide groups is 1. The number of benzene rings is 2. The molecule has 0 bridgehead atoms. The van der Waals surface area contributed by atoms with Gasteiger partial charge in [-0.25, -0.2) is 0 Å². The molecule has 0 saturated carbocycles. The van der Waals surface area contributed by atoms with Crippen LogP contribution in [0.2, 0.25) is 0 Å². The largest absolute Gasteiger partial charge is 0.504 e. The van der Waals surface area contributed by atoms with Gasteiger partial charge in [-0.2, -0.15) is 0 Å². The Labute approximate surface area is 253 Å². The van der Waals surface area contributed by atoms with Crippen molar-refractivity contribution in [3.8, 4) is 11.5 Å². The van der Waals surface area contributed by atoms with Gasteiger partial charge >= 0.3 is 7.12 Å². The summed E-state index contributed by atoms with van der Waals surface area (Å²) in [5.74, 6) is -2.60. The molecule has 9 nitrogen and oxygen atoms in total. The maximum Gasteiger partial charge on any atom is 0.488 e. The molecule has 4 rings (SSSR count). The molecular formula is C30H35BINO8. The van der Waals surface area contributed by atoms with Crippen molar-refractivity contribution in [2.24, 2.45) is 17.8 Å². The van der Waals surface area contributed by atoms with Crippen molar-refractivity contribution < 1.29 is 39.7 Å². The van der Waals surface area contributed by atoms with Gasteiger partial charge < -0.3 is 30.1 Å². The van der Waals surface area contributed by atoms with Crippen LogP contribution in [0.4, 0.5) is 5.69 Å². The first kappa shape index (κ1) is 31.2. The number of allylic oxidation sites excluding steroid dienone is 2. The molecule has 1 aliphatic heterocycles. The normalized spacial score (nSPS) is 21.8. The van der Waals surface area contributed by atoms with E-state index in [1.165, 1.54) is 19.2 Å². The maximum absolute atomic E-state index is 13.6. The van der Waals surface area contributed by atoms with Gasteiger partial charge in [-0.3, -0.25) is 14.5 Å². The monoisotopic (exact) mass is 675 g/mol. The van der Waals surface area contributed by atoms with Crippen LogP contribution in [-0.4, -0.2) is 64.1 Å². The van der Waals surface area contributed by atoms with E-state index < -0.39 is 49.4 Å². The molecule has 5 N–H and O–H groups in total. The summed E-state index contributed by atoms with van der Waals surface area (Å²) in [6.45, 7) is 3.46. The highest BCUT2D eigenvalue weighted by Gasteiger charge is 2.54. The SMILES string of the molecule is CC/C(=C\c1cc(I)c(O)c(OC)c1)CC[C@@H](O)C1=C(C)C[C@H]2C(=O)N(c3cccc(B(O)O)c3)C(=O)[C@H]2[C@H]1CO. The zero-order chi connectivity index (χ0) is 30.0. The quantitative estimate of drug-likeness (QED) is 0.112. The number of carbonyl (C=O) groups is 2. The Morgan fingerprint density at radius 3 is 2.59 bits per heavy atom. The number of phenols is 1. The number of aliphatic hydroxyl groups excluding tert-OH is 2. The number of ether oxygens (including phenoxy) is 1. The Balaban J connectivity index is 1.55. The zero-order valence-electron chi connectivity index (χ0n) is 23.2. The van der Waals surface area contributed by atoms with Crippen molar-refractivity contribution in [3.63, 3.8) is 0 Å². The van der Waals surface area contributed by atoms with Crippen LogP contribution in [0, 0.1) is 21.3 Å². The number of nitrogens with zero attached hydrogens (tertiary/aromatic N) is 1. The fraction of sp³-hybridized carbons (Fsp3) is 0.400. The second-order valence-corrected chi connectivity index (χ2v) is 11.8. The molecule has 0 unspecified atom stereocenters. The molecule has 2 aromatic rings. The first-order valence-corrected chi connectivity index (χ1v) is 14.7. The van der Waals surface area contributed by atoms with Crippen molar-refractivity contribution >= 4 is 58.7 Å². The summed E-state index contributed by atoms with van der Waals surface area (Å²) in [6, 6.07) is 9.59. The van der Waals surface area contributed by atoms with E-state index in [1.54, 1.807) is 18.2 Å². The van der Waals surface area contributed by atoms with Gasteiger partial charge in [-0.15, -0.1) is 0 Å². The zero-order valence-corrected chi connectivity index (χ0v) is 25.4. The van der Waals surface area contributed by atoms with E-state index >= 15 is 0 Å². The molecule has 1 aliphatic carbocycles. The fourth-order valence-electron chi connectivity index (χ4n) is 6.09. The molecule has 0 radical (unpaired) electrons.